The van der Waals surface area contributed by atoms with Crippen LogP contribution in [0.5, 0.6) is 0 Å². The molecule has 1 saturated heterocycles. The summed E-state index contributed by atoms with van der Waals surface area (Å²) < 4.78 is 26.9. The largest absolute Gasteiger partial charge is 0.389 e. The Kier molecular flexibility index (Phi) is 4.98. The van der Waals surface area contributed by atoms with Gasteiger partial charge in [-0.3, -0.25) is 0 Å². The van der Waals surface area contributed by atoms with E-state index in [-0.39, 0.29) is 4.99 Å². The second-order valence-electron chi connectivity index (χ2n) is 5.18. The summed E-state index contributed by atoms with van der Waals surface area (Å²) in [6.07, 6.45) is 0. The third kappa shape index (κ3) is 3.42. The molecule has 0 atom stereocenters. The van der Waals surface area contributed by atoms with E-state index in [0.29, 0.717) is 18.0 Å². The molecule has 0 spiro atoms. The van der Waals surface area contributed by atoms with Crippen molar-refractivity contribution in [3.05, 3.63) is 29.3 Å². The molecule has 7 heteroatoms. The molecule has 1 fully saturated rings. The molecule has 1 aromatic rings. The van der Waals surface area contributed by atoms with E-state index in [1.807, 2.05) is 6.92 Å². The molecule has 2 rings (SSSR count). The predicted molar refractivity (Wildman–Crippen MR) is 87.9 cm³/mol. The lowest BCUT2D eigenvalue weighted by Gasteiger charge is -2.33. The minimum Gasteiger partial charge on any atom is -0.389 e. The molecule has 1 aromatic carbocycles. The molecule has 0 unspecified atom stereocenters. The zero-order valence-corrected chi connectivity index (χ0v) is 14.0. The summed E-state index contributed by atoms with van der Waals surface area (Å²) in [4.78, 5) is 2.84. The molecule has 1 aliphatic heterocycles. The summed E-state index contributed by atoms with van der Waals surface area (Å²) in [5.41, 5.74) is 7.12. The lowest BCUT2D eigenvalue weighted by atomic mass is 10.1. The predicted octanol–water partition coefficient (Wildman–Crippen LogP) is 0.955. The van der Waals surface area contributed by atoms with Gasteiger partial charge in [0.25, 0.3) is 0 Å². The molecular weight excluding hydrogens is 306 g/mol. The van der Waals surface area contributed by atoms with Crippen molar-refractivity contribution >= 4 is 27.2 Å². The highest BCUT2D eigenvalue weighted by Crippen LogP contribution is 2.20. The van der Waals surface area contributed by atoms with E-state index >= 15 is 0 Å². The third-order valence-electron chi connectivity index (χ3n) is 3.88. The number of likely N-dealkylation sites (N-methyl/N-ethyl adjacent to an activating group) is 1. The molecule has 1 heterocycles. The van der Waals surface area contributed by atoms with Crippen molar-refractivity contribution in [3.8, 4) is 0 Å². The standard InChI is InChI=1S/C14H21N3O2S2/c1-3-16-6-8-17(9-7-16)21(18,19)12-4-5-13(14(15)20)11(2)10-12/h4-5,10H,3,6-9H2,1-2H3,(H2,15,20). The first-order valence-corrected chi connectivity index (χ1v) is 8.84. The van der Waals surface area contributed by atoms with Crippen molar-refractivity contribution in [2.75, 3.05) is 32.7 Å². The highest BCUT2D eigenvalue weighted by molar-refractivity contribution is 7.89. The lowest BCUT2D eigenvalue weighted by molar-refractivity contribution is 0.196. The lowest BCUT2D eigenvalue weighted by Crippen LogP contribution is -2.48. The van der Waals surface area contributed by atoms with Crippen molar-refractivity contribution in [1.29, 1.82) is 0 Å². The van der Waals surface area contributed by atoms with Crippen LogP contribution in [0.1, 0.15) is 18.1 Å². The van der Waals surface area contributed by atoms with Crippen molar-refractivity contribution in [1.82, 2.24) is 9.21 Å². The van der Waals surface area contributed by atoms with E-state index in [1.165, 1.54) is 0 Å². The molecule has 21 heavy (non-hydrogen) atoms. The fraction of sp³-hybridized carbons (Fsp3) is 0.500. The number of nitrogens with two attached hydrogens (primary N) is 1. The monoisotopic (exact) mass is 327 g/mol. The fourth-order valence-corrected chi connectivity index (χ4v) is 4.25. The van der Waals surface area contributed by atoms with Gasteiger partial charge in [0.05, 0.1) is 4.90 Å². The summed E-state index contributed by atoms with van der Waals surface area (Å²) in [6.45, 7) is 7.48. The van der Waals surface area contributed by atoms with Crippen molar-refractivity contribution in [2.24, 2.45) is 5.73 Å². The minimum absolute atomic E-state index is 0.285. The van der Waals surface area contributed by atoms with Gasteiger partial charge >= 0.3 is 0 Å². The number of piperazine rings is 1. The smallest absolute Gasteiger partial charge is 0.243 e. The van der Waals surface area contributed by atoms with E-state index in [4.69, 9.17) is 18.0 Å². The first-order chi connectivity index (χ1) is 9.86. The topological polar surface area (TPSA) is 66.6 Å². The van der Waals surface area contributed by atoms with Crippen LogP contribution in [0.15, 0.2) is 23.1 Å². The molecule has 0 aliphatic carbocycles. The molecule has 0 amide bonds. The van der Waals surface area contributed by atoms with Gasteiger partial charge in [0.15, 0.2) is 0 Å². The van der Waals surface area contributed by atoms with Crippen molar-refractivity contribution in [3.63, 3.8) is 0 Å². The number of hydrogen-bond acceptors (Lipinski definition) is 4. The van der Waals surface area contributed by atoms with Crippen molar-refractivity contribution in [2.45, 2.75) is 18.7 Å². The zero-order chi connectivity index (χ0) is 15.6. The Bertz CT molecular complexity index is 636. The second-order valence-corrected chi connectivity index (χ2v) is 7.56. The Morgan fingerprint density at radius 3 is 2.38 bits per heavy atom. The summed E-state index contributed by atoms with van der Waals surface area (Å²) in [6, 6.07) is 4.92. The van der Waals surface area contributed by atoms with Crippen LogP contribution in [0.4, 0.5) is 0 Å². The molecule has 2 N–H and O–H groups in total. The van der Waals surface area contributed by atoms with Crippen LogP contribution >= 0.6 is 12.2 Å². The average molecular weight is 327 g/mol. The number of sulfonamides is 1. The molecule has 0 aromatic heterocycles. The van der Waals surface area contributed by atoms with Gasteiger partial charge in [-0.2, -0.15) is 4.31 Å². The molecule has 1 aliphatic rings. The highest BCUT2D eigenvalue weighted by Gasteiger charge is 2.28. The van der Waals surface area contributed by atoms with Crippen LogP contribution < -0.4 is 5.73 Å². The molecule has 0 radical (unpaired) electrons. The van der Waals surface area contributed by atoms with Gasteiger partial charge in [0.2, 0.25) is 10.0 Å². The van der Waals surface area contributed by atoms with E-state index in [2.05, 4.69) is 11.8 Å². The molecule has 5 nitrogen and oxygen atoms in total. The maximum Gasteiger partial charge on any atom is 0.243 e. The van der Waals surface area contributed by atoms with Crippen LogP contribution in [0.25, 0.3) is 0 Å². The van der Waals surface area contributed by atoms with E-state index in [1.54, 1.807) is 22.5 Å². The van der Waals surface area contributed by atoms with Crippen LogP contribution in [0.3, 0.4) is 0 Å². The molecule has 116 valence electrons. The van der Waals surface area contributed by atoms with Gasteiger partial charge in [0.1, 0.15) is 4.99 Å². The highest BCUT2D eigenvalue weighted by atomic mass is 32.2. The Morgan fingerprint density at radius 1 is 1.29 bits per heavy atom. The maximum absolute atomic E-state index is 12.7. The number of nitrogens with zero attached hydrogens (tertiary/aromatic N) is 2. The third-order valence-corrected chi connectivity index (χ3v) is 5.99. The van der Waals surface area contributed by atoms with E-state index in [0.717, 1.165) is 30.8 Å². The zero-order valence-electron chi connectivity index (χ0n) is 12.4. The Hall–Kier alpha value is -1.02. The maximum atomic E-state index is 12.7. The Balaban J connectivity index is 2.24. The minimum atomic E-state index is -3.44. The Labute approximate surface area is 131 Å². The average Bonchev–Trinajstić information content (AvgIpc) is 2.46. The first kappa shape index (κ1) is 16.4. The van der Waals surface area contributed by atoms with Gasteiger partial charge < -0.3 is 10.6 Å². The summed E-state index contributed by atoms with van der Waals surface area (Å²) in [5.74, 6) is 0. The first-order valence-electron chi connectivity index (χ1n) is 6.99. The SMILES string of the molecule is CCN1CCN(S(=O)(=O)c2ccc(C(N)=S)c(C)c2)CC1. The quantitative estimate of drug-likeness (QED) is 0.834. The number of rotatable bonds is 4. The molecule has 0 bridgehead atoms. The summed E-state index contributed by atoms with van der Waals surface area (Å²) in [7, 11) is -3.44. The van der Waals surface area contributed by atoms with Gasteiger partial charge in [-0.05, 0) is 31.2 Å². The number of thiocarbonyl (C=S) groups is 1. The molecular formula is C14H21N3O2S2. The van der Waals surface area contributed by atoms with Crippen LogP contribution in [0.2, 0.25) is 0 Å². The van der Waals surface area contributed by atoms with Crippen LogP contribution in [-0.4, -0.2) is 55.3 Å². The van der Waals surface area contributed by atoms with Gasteiger partial charge in [-0.25, -0.2) is 8.42 Å². The summed E-state index contributed by atoms with van der Waals surface area (Å²) >= 11 is 4.95. The van der Waals surface area contributed by atoms with Gasteiger partial charge in [-0.1, -0.05) is 25.2 Å². The second kappa shape index (κ2) is 6.39. The van der Waals surface area contributed by atoms with Crippen LogP contribution in [0, 0.1) is 6.92 Å². The number of benzene rings is 1. The van der Waals surface area contributed by atoms with Crippen LogP contribution in [-0.2, 0) is 10.0 Å². The molecule has 0 saturated carbocycles. The number of aryl methyl sites for hydroxylation is 1. The van der Waals surface area contributed by atoms with Crippen molar-refractivity contribution < 1.29 is 8.42 Å². The number of hydrogen-bond donors (Lipinski definition) is 1. The van der Waals surface area contributed by atoms with Gasteiger partial charge in [-0.15, -0.1) is 0 Å². The van der Waals surface area contributed by atoms with Gasteiger partial charge in [0, 0.05) is 31.7 Å². The normalized spacial score (nSPS) is 17.8. The fourth-order valence-electron chi connectivity index (χ4n) is 2.51. The Morgan fingerprint density at radius 2 is 1.90 bits per heavy atom. The van der Waals surface area contributed by atoms with E-state index < -0.39 is 10.0 Å². The summed E-state index contributed by atoms with van der Waals surface area (Å²) in [5, 5.41) is 0. The van der Waals surface area contributed by atoms with E-state index in [9.17, 15) is 8.42 Å².